The molecule has 2 aromatic carbocycles. The van der Waals surface area contributed by atoms with Gasteiger partial charge in [0.15, 0.2) is 11.6 Å². The number of pyridine rings is 1. The zero-order valence-corrected chi connectivity index (χ0v) is 25.2. The Morgan fingerprint density at radius 3 is 2.44 bits per heavy atom. The minimum Gasteiger partial charge on any atom is -0.382 e. The Morgan fingerprint density at radius 2 is 1.76 bits per heavy atom. The van der Waals surface area contributed by atoms with Crippen molar-refractivity contribution in [1.29, 1.82) is 0 Å². The SMILES string of the molecule is COC1CCN(c2nccc(-c3cnc(N)c(-c4ccc(NC(=O)c5c(C)n(C)n(-c6ccccc6)c5=O)cc4)n3)c2F)CC1. The quantitative estimate of drug-likeness (QED) is 0.274. The van der Waals surface area contributed by atoms with Crippen molar-refractivity contribution in [2.75, 3.05) is 36.1 Å². The third-order valence-electron chi connectivity index (χ3n) is 8.22. The Kier molecular flexibility index (Phi) is 8.14. The topological polar surface area (TPSA) is 133 Å². The highest BCUT2D eigenvalue weighted by Gasteiger charge is 2.25. The third-order valence-corrected chi connectivity index (χ3v) is 8.22. The zero-order valence-electron chi connectivity index (χ0n) is 25.2. The van der Waals surface area contributed by atoms with Crippen LogP contribution in [0.5, 0.6) is 0 Å². The Bertz CT molecular complexity index is 1910. The van der Waals surface area contributed by atoms with Crippen LogP contribution in [0, 0.1) is 12.7 Å². The fourth-order valence-electron chi connectivity index (χ4n) is 5.63. The maximum atomic E-state index is 15.8. The number of nitrogen functional groups attached to an aromatic ring is 1. The van der Waals surface area contributed by atoms with Gasteiger partial charge in [0.05, 0.1) is 29.4 Å². The molecule has 0 bridgehead atoms. The second-order valence-electron chi connectivity index (χ2n) is 10.9. The van der Waals surface area contributed by atoms with Crippen molar-refractivity contribution in [3.63, 3.8) is 0 Å². The number of nitrogens with one attached hydrogen (secondary N) is 1. The van der Waals surface area contributed by atoms with Crippen molar-refractivity contribution in [3.8, 4) is 28.2 Å². The summed E-state index contributed by atoms with van der Waals surface area (Å²) < 4.78 is 24.3. The van der Waals surface area contributed by atoms with Gasteiger partial charge < -0.3 is 20.7 Å². The lowest BCUT2D eigenvalue weighted by molar-refractivity contribution is 0.0816. The van der Waals surface area contributed by atoms with E-state index in [2.05, 4.69) is 20.3 Å². The van der Waals surface area contributed by atoms with Gasteiger partial charge in [0.1, 0.15) is 17.1 Å². The van der Waals surface area contributed by atoms with Gasteiger partial charge in [-0.2, -0.15) is 0 Å². The average molecular weight is 609 g/mol. The molecule has 1 amide bonds. The van der Waals surface area contributed by atoms with Crippen LogP contribution in [0.3, 0.4) is 0 Å². The van der Waals surface area contributed by atoms with Crippen LogP contribution < -0.4 is 21.5 Å². The molecule has 3 aromatic heterocycles. The number of aromatic nitrogens is 5. The second kappa shape index (κ2) is 12.3. The summed E-state index contributed by atoms with van der Waals surface area (Å²) in [5.74, 6) is -0.550. The van der Waals surface area contributed by atoms with Crippen molar-refractivity contribution in [1.82, 2.24) is 24.3 Å². The molecule has 12 heteroatoms. The summed E-state index contributed by atoms with van der Waals surface area (Å²) in [6.07, 6.45) is 4.75. The van der Waals surface area contributed by atoms with Crippen LogP contribution >= 0.6 is 0 Å². The monoisotopic (exact) mass is 608 g/mol. The fraction of sp³-hybridized carbons (Fsp3) is 0.242. The van der Waals surface area contributed by atoms with E-state index in [1.165, 1.54) is 10.9 Å². The normalized spacial score (nSPS) is 13.6. The van der Waals surface area contributed by atoms with Gasteiger partial charge in [-0.25, -0.2) is 24.0 Å². The molecule has 11 nitrogen and oxygen atoms in total. The van der Waals surface area contributed by atoms with E-state index in [1.54, 1.807) is 74.4 Å². The number of amides is 1. The van der Waals surface area contributed by atoms with Gasteiger partial charge in [-0.1, -0.05) is 30.3 Å². The molecular weight excluding hydrogens is 575 g/mol. The van der Waals surface area contributed by atoms with E-state index in [4.69, 9.17) is 10.5 Å². The first-order valence-electron chi connectivity index (χ1n) is 14.6. The second-order valence-corrected chi connectivity index (χ2v) is 10.9. The number of rotatable bonds is 7. The summed E-state index contributed by atoms with van der Waals surface area (Å²) in [5, 5.41) is 2.81. The molecule has 1 aliphatic heterocycles. The molecule has 4 heterocycles. The van der Waals surface area contributed by atoms with Gasteiger partial charge in [-0.05, 0) is 50.1 Å². The van der Waals surface area contributed by atoms with Crippen molar-refractivity contribution in [3.05, 3.63) is 100 Å². The maximum absolute atomic E-state index is 15.8. The summed E-state index contributed by atoms with van der Waals surface area (Å²) in [6, 6.07) is 17.5. The van der Waals surface area contributed by atoms with Crippen LogP contribution in [0.1, 0.15) is 28.9 Å². The van der Waals surface area contributed by atoms with Gasteiger partial charge in [0.25, 0.3) is 11.5 Å². The number of nitrogens with two attached hydrogens (primary N) is 1. The summed E-state index contributed by atoms with van der Waals surface area (Å²) >= 11 is 0. The van der Waals surface area contributed by atoms with E-state index in [-0.39, 0.29) is 28.9 Å². The molecule has 6 rings (SSSR count). The lowest BCUT2D eigenvalue weighted by Crippen LogP contribution is -2.37. The first-order valence-corrected chi connectivity index (χ1v) is 14.6. The smallest absolute Gasteiger partial charge is 0.284 e. The molecule has 230 valence electrons. The number of hydrogen-bond donors (Lipinski definition) is 2. The number of piperidine rings is 1. The van der Waals surface area contributed by atoms with Gasteiger partial charge in [0, 0.05) is 50.3 Å². The van der Waals surface area contributed by atoms with Gasteiger partial charge in [-0.3, -0.25) is 14.3 Å². The molecule has 0 spiro atoms. The number of carbonyl (C=O) groups is 1. The van der Waals surface area contributed by atoms with Crippen molar-refractivity contribution < 1.29 is 13.9 Å². The molecule has 0 atom stereocenters. The van der Waals surface area contributed by atoms with Crippen molar-refractivity contribution in [2.24, 2.45) is 7.05 Å². The van der Waals surface area contributed by atoms with E-state index in [0.717, 1.165) is 12.8 Å². The summed E-state index contributed by atoms with van der Waals surface area (Å²) in [5.41, 5.74) is 9.08. The van der Waals surface area contributed by atoms with E-state index in [1.807, 2.05) is 23.1 Å². The number of benzene rings is 2. The molecule has 45 heavy (non-hydrogen) atoms. The lowest BCUT2D eigenvalue weighted by Gasteiger charge is -2.32. The Labute approximate surface area is 259 Å². The van der Waals surface area contributed by atoms with Crippen LogP contribution in [0.4, 0.5) is 21.7 Å². The minimum atomic E-state index is -0.521. The number of hydrogen-bond acceptors (Lipinski definition) is 8. The Morgan fingerprint density at radius 1 is 1.04 bits per heavy atom. The molecule has 0 aliphatic carbocycles. The van der Waals surface area contributed by atoms with Gasteiger partial charge in [0.2, 0.25) is 0 Å². The first-order chi connectivity index (χ1) is 21.8. The molecule has 5 aromatic rings. The van der Waals surface area contributed by atoms with E-state index in [9.17, 15) is 9.59 Å². The predicted octanol–water partition coefficient (Wildman–Crippen LogP) is 4.59. The maximum Gasteiger partial charge on any atom is 0.284 e. The van der Waals surface area contributed by atoms with E-state index in [0.29, 0.717) is 47.1 Å². The molecule has 3 N–H and O–H groups in total. The molecule has 1 saturated heterocycles. The fourth-order valence-corrected chi connectivity index (χ4v) is 5.63. The minimum absolute atomic E-state index is 0.0510. The molecular formula is C33H33FN8O3. The molecule has 0 unspecified atom stereocenters. The molecule has 1 aliphatic rings. The highest BCUT2D eigenvalue weighted by Crippen LogP contribution is 2.32. The largest absolute Gasteiger partial charge is 0.382 e. The summed E-state index contributed by atoms with van der Waals surface area (Å²) in [6.45, 7) is 3.01. The lowest BCUT2D eigenvalue weighted by atomic mass is 10.1. The van der Waals surface area contributed by atoms with Crippen LogP contribution in [-0.4, -0.2) is 56.5 Å². The standard InChI is InChI=1S/C33H33FN8O3/c1-20-27(33(44)42(40(20)2)23-7-5-4-6-8-23)32(43)38-22-11-9-21(10-12-22)29-30(35)37-19-26(39-29)25-13-16-36-31(28(25)34)41-17-14-24(45-3)15-18-41/h4-13,16,19,24H,14-15,17-18H2,1-3H3,(H2,35,37)(H,38,43). The van der Waals surface area contributed by atoms with Crippen molar-refractivity contribution in [2.45, 2.75) is 25.9 Å². The number of para-hydroxylation sites is 1. The van der Waals surface area contributed by atoms with Crippen LogP contribution in [0.2, 0.25) is 0 Å². The van der Waals surface area contributed by atoms with Gasteiger partial charge in [-0.15, -0.1) is 0 Å². The zero-order chi connectivity index (χ0) is 31.7. The van der Waals surface area contributed by atoms with E-state index < -0.39 is 17.3 Å². The number of methoxy groups -OCH3 is 1. The molecule has 0 radical (unpaired) electrons. The molecule has 1 fully saturated rings. The van der Waals surface area contributed by atoms with E-state index >= 15 is 4.39 Å². The predicted molar refractivity (Wildman–Crippen MR) is 171 cm³/mol. The average Bonchev–Trinajstić information content (AvgIpc) is 3.29. The number of carbonyl (C=O) groups excluding carboxylic acids is 1. The summed E-state index contributed by atoms with van der Waals surface area (Å²) in [4.78, 5) is 41.7. The number of nitrogens with zero attached hydrogens (tertiary/aromatic N) is 6. The number of halogens is 1. The van der Waals surface area contributed by atoms with Crippen LogP contribution in [0.25, 0.3) is 28.2 Å². The highest BCUT2D eigenvalue weighted by molar-refractivity contribution is 6.05. The van der Waals surface area contributed by atoms with Crippen molar-refractivity contribution >= 4 is 23.2 Å². The summed E-state index contributed by atoms with van der Waals surface area (Å²) in [7, 11) is 3.43. The third kappa shape index (κ3) is 5.67. The number of anilines is 3. The van der Waals surface area contributed by atoms with Gasteiger partial charge >= 0.3 is 0 Å². The Balaban J connectivity index is 1.23. The Hall–Kier alpha value is -5.36. The highest BCUT2D eigenvalue weighted by atomic mass is 19.1. The van der Waals surface area contributed by atoms with Crippen LogP contribution in [0.15, 0.2) is 77.9 Å². The molecule has 0 saturated carbocycles. The first kappa shape index (κ1) is 29.7. The van der Waals surface area contributed by atoms with Crippen LogP contribution in [-0.2, 0) is 11.8 Å². The number of ether oxygens (including phenoxy) is 1.